The summed E-state index contributed by atoms with van der Waals surface area (Å²) in [5.41, 5.74) is 2.99. The van der Waals surface area contributed by atoms with Crippen molar-refractivity contribution >= 4 is 23.4 Å². The molecular weight excluding hydrogens is 372 g/mol. The molecule has 2 rings (SSSR count). The molecule has 0 saturated carbocycles. The average Bonchev–Trinajstić information content (AvgIpc) is 2.65. The number of halogens is 1. The van der Waals surface area contributed by atoms with Crippen LogP contribution in [0.1, 0.15) is 37.5 Å². The van der Waals surface area contributed by atoms with Crippen molar-refractivity contribution in [1.29, 1.82) is 0 Å². The standard InChI is InChI=1S/C23H29ClN2O2/c1-16(2)14-25-23(28)18(4)26(15-19-8-10-21(24)11-9-19)22(27)13-20-7-5-6-17(3)12-20/h5-12,16,18H,13-15H2,1-4H3,(H,25,28)/t18-/m0/s1. The Morgan fingerprint density at radius 1 is 1.04 bits per heavy atom. The van der Waals surface area contributed by atoms with Gasteiger partial charge in [-0.25, -0.2) is 0 Å². The largest absolute Gasteiger partial charge is 0.354 e. The number of carbonyl (C=O) groups excluding carboxylic acids is 2. The fourth-order valence-corrected chi connectivity index (χ4v) is 3.05. The van der Waals surface area contributed by atoms with Crippen LogP contribution in [0, 0.1) is 12.8 Å². The lowest BCUT2D eigenvalue weighted by molar-refractivity contribution is -0.140. The Kier molecular flexibility index (Phi) is 8.06. The normalized spacial score (nSPS) is 11.9. The van der Waals surface area contributed by atoms with Crippen molar-refractivity contribution in [3.63, 3.8) is 0 Å². The summed E-state index contributed by atoms with van der Waals surface area (Å²) >= 11 is 5.97. The van der Waals surface area contributed by atoms with E-state index in [1.807, 2.05) is 57.2 Å². The highest BCUT2D eigenvalue weighted by Crippen LogP contribution is 2.15. The minimum Gasteiger partial charge on any atom is -0.354 e. The quantitative estimate of drug-likeness (QED) is 0.714. The first-order chi connectivity index (χ1) is 13.3. The molecule has 0 unspecified atom stereocenters. The van der Waals surface area contributed by atoms with Gasteiger partial charge < -0.3 is 10.2 Å². The molecule has 4 nitrogen and oxygen atoms in total. The summed E-state index contributed by atoms with van der Waals surface area (Å²) in [5.74, 6) is 0.136. The molecular formula is C23H29ClN2O2. The van der Waals surface area contributed by atoms with E-state index < -0.39 is 6.04 Å². The number of aryl methyl sites for hydroxylation is 1. The SMILES string of the molecule is Cc1cccc(CC(=O)N(Cc2ccc(Cl)cc2)[C@@H](C)C(=O)NCC(C)C)c1. The first kappa shape index (κ1) is 22.0. The Bertz CT molecular complexity index is 803. The molecule has 2 aromatic carbocycles. The molecule has 0 aromatic heterocycles. The second kappa shape index (κ2) is 10.3. The Morgan fingerprint density at radius 2 is 1.71 bits per heavy atom. The van der Waals surface area contributed by atoms with E-state index in [0.29, 0.717) is 24.0 Å². The van der Waals surface area contributed by atoms with Gasteiger partial charge in [-0.05, 0) is 43.0 Å². The van der Waals surface area contributed by atoms with Crippen LogP contribution in [0.2, 0.25) is 5.02 Å². The van der Waals surface area contributed by atoms with Crippen LogP contribution in [0.15, 0.2) is 48.5 Å². The number of rotatable bonds is 8. The maximum atomic E-state index is 13.1. The number of benzene rings is 2. The lowest BCUT2D eigenvalue weighted by Gasteiger charge is -2.29. The molecule has 1 atom stereocenters. The molecule has 0 spiro atoms. The van der Waals surface area contributed by atoms with Crippen LogP contribution in [0.25, 0.3) is 0 Å². The van der Waals surface area contributed by atoms with Gasteiger partial charge in [0.2, 0.25) is 11.8 Å². The summed E-state index contributed by atoms with van der Waals surface area (Å²) in [6.45, 7) is 8.81. The van der Waals surface area contributed by atoms with Crippen molar-refractivity contribution in [2.24, 2.45) is 5.92 Å². The zero-order valence-corrected chi connectivity index (χ0v) is 17.8. The second-order valence-electron chi connectivity index (χ2n) is 7.63. The van der Waals surface area contributed by atoms with Crippen molar-refractivity contribution in [3.8, 4) is 0 Å². The first-order valence-electron chi connectivity index (χ1n) is 9.63. The molecule has 0 aliphatic heterocycles. The smallest absolute Gasteiger partial charge is 0.242 e. The first-order valence-corrected chi connectivity index (χ1v) is 10.0. The Labute approximate surface area is 172 Å². The monoisotopic (exact) mass is 400 g/mol. The lowest BCUT2D eigenvalue weighted by Crippen LogP contribution is -2.48. The van der Waals surface area contributed by atoms with Gasteiger partial charge in [0.15, 0.2) is 0 Å². The van der Waals surface area contributed by atoms with Crippen LogP contribution in [0.5, 0.6) is 0 Å². The van der Waals surface area contributed by atoms with E-state index in [-0.39, 0.29) is 18.2 Å². The maximum Gasteiger partial charge on any atom is 0.242 e. The Morgan fingerprint density at radius 3 is 2.32 bits per heavy atom. The summed E-state index contributed by atoms with van der Waals surface area (Å²) in [5, 5.41) is 3.57. The fourth-order valence-electron chi connectivity index (χ4n) is 2.92. The van der Waals surface area contributed by atoms with Crippen LogP contribution >= 0.6 is 11.6 Å². The molecule has 0 aliphatic rings. The highest BCUT2D eigenvalue weighted by molar-refractivity contribution is 6.30. The zero-order valence-electron chi connectivity index (χ0n) is 17.0. The number of amides is 2. The number of nitrogens with one attached hydrogen (secondary N) is 1. The Hall–Kier alpha value is -2.33. The number of hydrogen-bond acceptors (Lipinski definition) is 2. The molecule has 0 fully saturated rings. The molecule has 5 heteroatoms. The third-order valence-electron chi connectivity index (χ3n) is 4.56. The van der Waals surface area contributed by atoms with Gasteiger partial charge in [-0.2, -0.15) is 0 Å². The number of nitrogens with zero attached hydrogens (tertiary/aromatic N) is 1. The van der Waals surface area contributed by atoms with Gasteiger partial charge in [0.1, 0.15) is 6.04 Å². The number of carbonyl (C=O) groups is 2. The van der Waals surface area contributed by atoms with Gasteiger partial charge >= 0.3 is 0 Å². The third kappa shape index (κ3) is 6.68. The van der Waals surface area contributed by atoms with Crippen molar-refractivity contribution in [2.75, 3.05) is 6.54 Å². The van der Waals surface area contributed by atoms with Crippen LogP contribution < -0.4 is 5.32 Å². The number of hydrogen-bond donors (Lipinski definition) is 1. The molecule has 2 aromatic rings. The van der Waals surface area contributed by atoms with Gasteiger partial charge in [-0.15, -0.1) is 0 Å². The predicted molar refractivity (Wildman–Crippen MR) is 114 cm³/mol. The minimum absolute atomic E-state index is 0.0762. The second-order valence-corrected chi connectivity index (χ2v) is 8.07. The van der Waals surface area contributed by atoms with Crippen molar-refractivity contribution in [1.82, 2.24) is 10.2 Å². The van der Waals surface area contributed by atoms with E-state index in [0.717, 1.165) is 16.7 Å². The zero-order chi connectivity index (χ0) is 20.7. The van der Waals surface area contributed by atoms with E-state index in [4.69, 9.17) is 11.6 Å². The lowest BCUT2D eigenvalue weighted by atomic mass is 10.1. The molecule has 2 amide bonds. The summed E-state index contributed by atoms with van der Waals surface area (Å²) in [6, 6.07) is 14.7. The molecule has 0 bridgehead atoms. The Balaban J connectivity index is 2.19. The average molecular weight is 401 g/mol. The molecule has 28 heavy (non-hydrogen) atoms. The van der Waals surface area contributed by atoms with Gasteiger partial charge in [-0.1, -0.05) is 67.4 Å². The summed E-state index contributed by atoms with van der Waals surface area (Å²) in [7, 11) is 0. The van der Waals surface area contributed by atoms with Crippen molar-refractivity contribution < 1.29 is 9.59 Å². The highest BCUT2D eigenvalue weighted by atomic mass is 35.5. The van der Waals surface area contributed by atoms with Crippen LogP contribution in [0.3, 0.4) is 0 Å². The summed E-state index contributed by atoms with van der Waals surface area (Å²) in [6.07, 6.45) is 0.261. The molecule has 0 saturated heterocycles. The van der Waals surface area contributed by atoms with Crippen LogP contribution in [0.4, 0.5) is 0 Å². The molecule has 1 N–H and O–H groups in total. The minimum atomic E-state index is -0.563. The van der Waals surface area contributed by atoms with Crippen LogP contribution in [-0.4, -0.2) is 29.3 Å². The van der Waals surface area contributed by atoms with E-state index in [1.54, 1.807) is 24.0 Å². The van der Waals surface area contributed by atoms with Crippen molar-refractivity contribution in [2.45, 2.75) is 46.7 Å². The van der Waals surface area contributed by atoms with Crippen LogP contribution in [-0.2, 0) is 22.6 Å². The topological polar surface area (TPSA) is 49.4 Å². The highest BCUT2D eigenvalue weighted by Gasteiger charge is 2.26. The van der Waals surface area contributed by atoms with Crippen molar-refractivity contribution in [3.05, 3.63) is 70.2 Å². The summed E-state index contributed by atoms with van der Waals surface area (Å²) < 4.78 is 0. The molecule has 0 heterocycles. The molecule has 0 aliphatic carbocycles. The van der Waals surface area contributed by atoms with E-state index in [1.165, 1.54) is 0 Å². The van der Waals surface area contributed by atoms with Gasteiger partial charge in [0.05, 0.1) is 6.42 Å². The fraction of sp³-hybridized carbons (Fsp3) is 0.391. The van der Waals surface area contributed by atoms with E-state index in [9.17, 15) is 9.59 Å². The maximum absolute atomic E-state index is 13.1. The van der Waals surface area contributed by atoms with E-state index >= 15 is 0 Å². The molecule has 150 valence electrons. The molecule has 0 radical (unpaired) electrons. The predicted octanol–water partition coefficient (Wildman–Crippen LogP) is 4.38. The summed E-state index contributed by atoms with van der Waals surface area (Å²) in [4.78, 5) is 27.4. The van der Waals surface area contributed by atoms with Gasteiger partial charge in [-0.3, -0.25) is 9.59 Å². The van der Waals surface area contributed by atoms with E-state index in [2.05, 4.69) is 5.32 Å². The van der Waals surface area contributed by atoms with Gasteiger partial charge in [0, 0.05) is 18.1 Å². The third-order valence-corrected chi connectivity index (χ3v) is 4.81. The van der Waals surface area contributed by atoms with Gasteiger partial charge in [0.25, 0.3) is 0 Å².